The Kier molecular flexibility index (Phi) is 9.33. The highest BCUT2D eigenvalue weighted by Gasteiger charge is 2.25. The van der Waals surface area contributed by atoms with Gasteiger partial charge in [-0.05, 0) is 87.1 Å². The van der Waals surface area contributed by atoms with E-state index in [1.807, 2.05) is 42.5 Å². The van der Waals surface area contributed by atoms with Gasteiger partial charge in [0.25, 0.3) is 5.91 Å². The number of esters is 1. The molecule has 2 aromatic heterocycles. The Bertz CT molecular complexity index is 1570. The molecule has 1 unspecified atom stereocenters. The number of pyridine rings is 1. The summed E-state index contributed by atoms with van der Waals surface area (Å²) in [5.41, 5.74) is 2.50. The molecule has 1 aliphatic carbocycles. The number of methoxy groups -OCH3 is 1. The number of thiophene rings is 1. The van der Waals surface area contributed by atoms with Crippen molar-refractivity contribution < 1.29 is 19.1 Å². The molecule has 1 aliphatic rings. The third-order valence-electron chi connectivity index (χ3n) is 7.85. The zero-order valence-electron chi connectivity index (χ0n) is 24.5. The molecule has 1 amide bonds. The number of ether oxygens (including phenoxy) is 2. The summed E-state index contributed by atoms with van der Waals surface area (Å²) in [5, 5.41) is 4.77. The van der Waals surface area contributed by atoms with Gasteiger partial charge < -0.3 is 14.8 Å². The second kappa shape index (κ2) is 13.0. The van der Waals surface area contributed by atoms with Gasteiger partial charge in [-0.3, -0.25) is 4.79 Å². The van der Waals surface area contributed by atoms with Crippen molar-refractivity contribution in [2.45, 2.75) is 70.8 Å². The fourth-order valence-electron chi connectivity index (χ4n) is 5.51. The van der Waals surface area contributed by atoms with Crippen LogP contribution in [-0.4, -0.2) is 30.0 Å². The number of carbonyl (C=O) groups is 2. The van der Waals surface area contributed by atoms with E-state index in [1.165, 1.54) is 36.9 Å². The molecule has 2 aromatic carbocycles. The van der Waals surface area contributed by atoms with E-state index in [-0.39, 0.29) is 5.41 Å². The van der Waals surface area contributed by atoms with E-state index in [2.05, 4.69) is 54.2 Å². The first kappa shape index (κ1) is 30.2. The number of nitrogens with zero attached hydrogens (tertiary/aromatic N) is 1. The minimum Gasteiger partial charge on any atom is -0.467 e. The first-order valence-corrected chi connectivity index (χ1v) is 16.0. The van der Waals surface area contributed by atoms with E-state index >= 15 is 0 Å². The minimum absolute atomic E-state index is 0.0737. The summed E-state index contributed by atoms with van der Waals surface area (Å²) in [6.07, 6.45) is 5.91. The number of carbonyl (C=O) groups excluding carboxylic acids is 2. The first-order chi connectivity index (χ1) is 20.1. The van der Waals surface area contributed by atoms with Crippen molar-refractivity contribution in [1.29, 1.82) is 0 Å². The number of hydrogen-bond donors (Lipinski definition) is 1. The van der Waals surface area contributed by atoms with Crippen LogP contribution >= 0.6 is 27.3 Å². The number of benzene rings is 2. The summed E-state index contributed by atoms with van der Waals surface area (Å²) in [6.45, 7) is 6.58. The van der Waals surface area contributed by atoms with Gasteiger partial charge in [0.2, 0.25) is 0 Å². The lowest BCUT2D eigenvalue weighted by molar-refractivity contribution is -0.142. The molecule has 4 aromatic rings. The second-order valence-corrected chi connectivity index (χ2v) is 14.6. The van der Waals surface area contributed by atoms with Crippen molar-refractivity contribution in [3.8, 4) is 11.5 Å². The largest absolute Gasteiger partial charge is 0.467 e. The summed E-state index contributed by atoms with van der Waals surface area (Å²) in [7, 11) is 1.33. The Morgan fingerprint density at radius 1 is 1.02 bits per heavy atom. The van der Waals surface area contributed by atoms with Crippen LogP contribution in [0.3, 0.4) is 0 Å². The van der Waals surface area contributed by atoms with Crippen LogP contribution in [0.5, 0.6) is 11.5 Å². The summed E-state index contributed by atoms with van der Waals surface area (Å²) in [4.78, 5) is 31.9. The fourth-order valence-corrected chi connectivity index (χ4v) is 7.04. The van der Waals surface area contributed by atoms with Gasteiger partial charge in [-0.1, -0.05) is 64.7 Å². The lowest BCUT2D eigenvalue weighted by Crippen LogP contribution is -2.43. The van der Waals surface area contributed by atoms with Crippen LogP contribution < -0.4 is 10.1 Å². The van der Waals surface area contributed by atoms with E-state index in [0.29, 0.717) is 18.0 Å². The average molecular weight is 650 g/mol. The molecular weight excluding hydrogens is 612 g/mol. The number of hydrogen-bond acceptors (Lipinski definition) is 6. The van der Waals surface area contributed by atoms with E-state index in [9.17, 15) is 9.59 Å². The lowest BCUT2D eigenvalue weighted by atomic mass is 9.87. The standard InChI is InChI=1S/C34H37BrN2O4S/c1-34(2,3)23-10-13-24(14-11-23)41-25-12-9-22-18-29(36-28(27(22)19-25)17-21-7-5-6-8-21)32(38)37-30(33(39)40-4)20-26-15-16-31(35)42-26/h9-16,18-19,21,30H,5-8,17,20H2,1-4H3,(H,37,38). The van der Waals surface area contributed by atoms with Gasteiger partial charge in [0.15, 0.2) is 0 Å². The van der Waals surface area contributed by atoms with Crippen LogP contribution in [0.25, 0.3) is 10.8 Å². The monoisotopic (exact) mass is 648 g/mol. The average Bonchev–Trinajstić information content (AvgIpc) is 3.63. The Balaban J connectivity index is 1.43. The van der Waals surface area contributed by atoms with Crippen molar-refractivity contribution in [2.75, 3.05) is 7.11 Å². The molecule has 1 saturated carbocycles. The van der Waals surface area contributed by atoms with Gasteiger partial charge in [-0.15, -0.1) is 11.3 Å². The van der Waals surface area contributed by atoms with Crippen molar-refractivity contribution in [3.05, 3.63) is 86.3 Å². The van der Waals surface area contributed by atoms with E-state index in [1.54, 1.807) is 6.07 Å². The van der Waals surface area contributed by atoms with E-state index in [0.717, 1.165) is 55.9 Å². The van der Waals surface area contributed by atoms with Crippen LogP contribution in [0, 0.1) is 5.92 Å². The molecule has 2 heterocycles. The lowest BCUT2D eigenvalue weighted by Gasteiger charge is -2.19. The molecule has 0 bridgehead atoms. The van der Waals surface area contributed by atoms with Crippen molar-refractivity contribution in [3.63, 3.8) is 0 Å². The third-order valence-corrected chi connectivity index (χ3v) is 9.50. The maximum absolute atomic E-state index is 13.5. The highest BCUT2D eigenvalue weighted by molar-refractivity contribution is 9.11. The van der Waals surface area contributed by atoms with Gasteiger partial charge in [0, 0.05) is 22.4 Å². The number of amides is 1. The molecule has 42 heavy (non-hydrogen) atoms. The topological polar surface area (TPSA) is 77.5 Å². The maximum atomic E-state index is 13.5. The van der Waals surface area contributed by atoms with Crippen molar-refractivity contribution in [1.82, 2.24) is 10.3 Å². The van der Waals surface area contributed by atoms with Crippen molar-refractivity contribution in [2.24, 2.45) is 5.92 Å². The Hall–Kier alpha value is -3.23. The summed E-state index contributed by atoms with van der Waals surface area (Å²) in [6, 6.07) is 19.0. The molecule has 0 saturated heterocycles. The molecule has 6 nitrogen and oxygen atoms in total. The predicted molar refractivity (Wildman–Crippen MR) is 172 cm³/mol. The second-order valence-electron chi connectivity index (χ2n) is 12.0. The smallest absolute Gasteiger partial charge is 0.328 e. The first-order valence-electron chi connectivity index (χ1n) is 14.4. The number of halogens is 1. The summed E-state index contributed by atoms with van der Waals surface area (Å²) < 4.78 is 12.2. The number of aromatic nitrogens is 1. The van der Waals surface area contributed by atoms with E-state index in [4.69, 9.17) is 14.5 Å². The quantitative estimate of drug-likeness (QED) is 0.184. The maximum Gasteiger partial charge on any atom is 0.328 e. The van der Waals surface area contributed by atoms with Crippen LogP contribution in [0.4, 0.5) is 0 Å². The molecule has 5 rings (SSSR count). The molecule has 0 spiro atoms. The normalized spacial score (nSPS) is 14.6. The Labute approximate surface area is 260 Å². The van der Waals surface area contributed by atoms with Crippen molar-refractivity contribution >= 4 is 49.9 Å². The predicted octanol–water partition coefficient (Wildman–Crippen LogP) is 8.40. The molecule has 1 N–H and O–H groups in total. The SMILES string of the molecule is COC(=O)C(Cc1ccc(Br)s1)NC(=O)c1cc2ccc(Oc3ccc(C(C)(C)C)cc3)cc2c(CC2CCCC2)n1. The molecule has 0 aliphatic heterocycles. The Morgan fingerprint density at radius 3 is 2.38 bits per heavy atom. The summed E-state index contributed by atoms with van der Waals surface area (Å²) in [5.74, 6) is 1.15. The highest BCUT2D eigenvalue weighted by Crippen LogP contribution is 2.33. The number of nitrogens with one attached hydrogen (secondary N) is 1. The molecule has 220 valence electrons. The minimum atomic E-state index is -0.815. The van der Waals surface area contributed by atoms with Crippen LogP contribution in [-0.2, 0) is 27.8 Å². The third kappa shape index (κ3) is 7.39. The van der Waals surface area contributed by atoms with Gasteiger partial charge in [-0.25, -0.2) is 9.78 Å². The van der Waals surface area contributed by atoms with Crippen LogP contribution in [0.15, 0.2) is 64.5 Å². The zero-order valence-corrected chi connectivity index (χ0v) is 26.9. The molecule has 1 fully saturated rings. The number of fused-ring (bicyclic) bond motifs is 1. The van der Waals surface area contributed by atoms with Gasteiger partial charge >= 0.3 is 5.97 Å². The van der Waals surface area contributed by atoms with Crippen LogP contribution in [0.1, 0.15) is 73.1 Å². The summed E-state index contributed by atoms with van der Waals surface area (Å²) >= 11 is 4.98. The fraction of sp³-hybridized carbons (Fsp3) is 0.382. The van der Waals surface area contributed by atoms with Crippen LogP contribution in [0.2, 0.25) is 0 Å². The van der Waals surface area contributed by atoms with E-state index < -0.39 is 17.9 Å². The Morgan fingerprint density at radius 2 is 1.74 bits per heavy atom. The highest BCUT2D eigenvalue weighted by atomic mass is 79.9. The molecular formula is C34H37BrN2O4S. The molecule has 0 radical (unpaired) electrons. The number of rotatable bonds is 9. The van der Waals surface area contributed by atoms with Gasteiger partial charge in [0.1, 0.15) is 23.2 Å². The molecule has 8 heteroatoms. The van der Waals surface area contributed by atoms with Gasteiger partial charge in [0.05, 0.1) is 10.9 Å². The molecule has 1 atom stereocenters. The van der Waals surface area contributed by atoms with Gasteiger partial charge in [-0.2, -0.15) is 0 Å². The zero-order chi connectivity index (χ0) is 29.9.